The summed E-state index contributed by atoms with van der Waals surface area (Å²) in [6, 6.07) is 9.13. The van der Waals surface area contributed by atoms with Crippen LogP contribution in [0.2, 0.25) is 5.28 Å². The molecule has 3 nitrogen and oxygen atoms in total. The average Bonchev–Trinajstić information content (AvgIpc) is 2.32. The van der Waals surface area contributed by atoms with Crippen molar-refractivity contribution in [1.82, 2.24) is 0 Å². The van der Waals surface area contributed by atoms with Crippen molar-refractivity contribution >= 4 is 21.5 Å². The quantitative estimate of drug-likeness (QED) is 0.797. The normalized spacial score (nSPS) is 14.2. The smallest absolute Gasteiger partial charge is 0.435 e. The highest BCUT2D eigenvalue weighted by atomic mass is 27.1. The Kier molecular flexibility index (Phi) is 6.91. The van der Waals surface area contributed by atoms with Crippen LogP contribution in [0.5, 0.6) is 0 Å². The molecule has 4 heteroatoms. The van der Waals surface area contributed by atoms with Crippen molar-refractivity contribution in [2.75, 3.05) is 6.61 Å². The van der Waals surface area contributed by atoms with E-state index in [9.17, 15) is 4.79 Å². The summed E-state index contributed by atoms with van der Waals surface area (Å²) in [6.07, 6.45) is 2.86. The van der Waals surface area contributed by atoms with E-state index in [1.807, 2.05) is 18.2 Å². The molecule has 0 bridgehead atoms. The molecule has 0 amide bonds. The van der Waals surface area contributed by atoms with Gasteiger partial charge in [-0.2, -0.15) is 0 Å². The standard InChI is InChI=1S/C8H8O2.C4H8O.Al.H/c9-8(10)6-7-4-2-1-3-5-7;1-2-3-4-5;;/h1-5H,6H2,(H,9,10);1-4H2;;/q;-1;+1;. The number of hydrogen-bond donors (Lipinski definition) is 1. The first-order chi connectivity index (χ1) is 7.79. The number of aliphatic carboxylic acids is 1. The van der Waals surface area contributed by atoms with Crippen molar-refractivity contribution in [3.8, 4) is 0 Å². The van der Waals surface area contributed by atoms with Crippen LogP contribution in [0.1, 0.15) is 18.4 Å². The molecule has 1 aliphatic rings. The van der Waals surface area contributed by atoms with E-state index < -0.39 is 5.97 Å². The molecule has 1 fully saturated rings. The van der Waals surface area contributed by atoms with Gasteiger partial charge in [0.15, 0.2) is 0 Å². The number of carboxylic acids is 1. The maximum absolute atomic E-state index is 10.2. The summed E-state index contributed by atoms with van der Waals surface area (Å²) in [6.45, 7) is 1.06. The fourth-order valence-corrected chi connectivity index (χ4v) is 2.63. The minimum absolute atomic E-state index is 0.00849. The largest absolute Gasteiger partial charge is 0.503 e. The van der Waals surface area contributed by atoms with Gasteiger partial charge in [0.25, 0.3) is 0 Å². The fraction of sp³-hybridized carbons (Fsp3) is 0.417. The van der Waals surface area contributed by atoms with E-state index in [1.165, 1.54) is 18.1 Å². The van der Waals surface area contributed by atoms with Gasteiger partial charge in [0.2, 0.25) is 0 Å². The minimum atomic E-state index is -0.786. The molecular formula is C12H17AlO3. The molecule has 1 aliphatic heterocycles. The third-order valence-electron chi connectivity index (χ3n) is 2.28. The number of benzene rings is 1. The van der Waals surface area contributed by atoms with Crippen LogP contribution in [0.15, 0.2) is 30.3 Å². The molecule has 0 aromatic heterocycles. The molecule has 1 aromatic carbocycles. The molecule has 0 saturated carbocycles. The molecule has 0 spiro atoms. The maximum Gasteiger partial charge on any atom is 0.435 e. The second-order valence-corrected chi connectivity index (χ2v) is 5.25. The summed E-state index contributed by atoms with van der Waals surface area (Å²) in [5, 5.41) is 9.78. The highest BCUT2D eigenvalue weighted by molar-refractivity contribution is 6.27. The van der Waals surface area contributed by atoms with Gasteiger partial charge in [0, 0.05) is 6.61 Å². The van der Waals surface area contributed by atoms with E-state index in [0.717, 1.165) is 12.2 Å². The van der Waals surface area contributed by atoms with Crippen molar-refractivity contribution in [3.05, 3.63) is 35.9 Å². The summed E-state index contributed by atoms with van der Waals surface area (Å²) >= 11 is 0.00849. The van der Waals surface area contributed by atoms with Gasteiger partial charge in [-0.25, -0.2) is 0 Å². The van der Waals surface area contributed by atoms with Crippen LogP contribution in [-0.4, -0.2) is 33.2 Å². The summed E-state index contributed by atoms with van der Waals surface area (Å²) < 4.78 is 5.21. The highest BCUT2D eigenvalue weighted by Crippen LogP contribution is 2.01. The monoisotopic (exact) mass is 236 g/mol. The minimum Gasteiger partial charge on any atom is -0.503 e. The van der Waals surface area contributed by atoms with Gasteiger partial charge in [-0.15, -0.1) is 0 Å². The number of carbonyl (C=O) groups is 1. The van der Waals surface area contributed by atoms with Crippen LogP contribution >= 0.6 is 0 Å². The van der Waals surface area contributed by atoms with Crippen molar-refractivity contribution < 1.29 is 13.7 Å². The predicted molar refractivity (Wildman–Crippen MR) is 64.9 cm³/mol. The lowest BCUT2D eigenvalue weighted by Crippen LogP contribution is -2.06. The van der Waals surface area contributed by atoms with E-state index in [1.54, 1.807) is 12.1 Å². The molecule has 2 rings (SSSR count). The SMILES string of the molecule is C1C[CH2][AlH][O]C1.O=C(O)Cc1ccccc1. The summed E-state index contributed by atoms with van der Waals surface area (Å²) in [5.74, 6) is -0.786. The Bertz CT molecular complexity index is 285. The van der Waals surface area contributed by atoms with Gasteiger partial charge in [-0.05, 0) is 12.0 Å². The first-order valence-electron chi connectivity index (χ1n) is 5.62. The van der Waals surface area contributed by atoms with E-state index in [2.05, 4.69) is 0 Å². The van der Waals surface area contributed by atoms with Crippen molar-refractivity contribution in [1.29, 1.82) is 0 Å². The molecule has 16 heavy (non-hydrogen) atoms. The molecule has 0 unspecified atom stereocenters. The molecule has 1 aromatic rings. The Morgan fingerprint density at radius 3 is 2.44 bits per heavy atom. The molecule has 1 heterocycles. The molecule has 0 aliphatic carbocycles. The predicted octanol–water partition coefficient (Wildman–Crippen LogP) is 1.88. The lowest BCUT2D eigenvalue weighted by molar-refractivity contribution is -0.136. The van der Waals surface area contributed by atoms with E-state index in [4.69, 9.17) is 8.90 Å². The lowest BCUT2D eigenvalue weighted by Gasteiger charge is -2.06. The zero-order valence-electron chi connectivity index (χ0n) is 9.39. The first kappa shape index (κ1) is 13.2. The van der Waals surface area contributed by atoms with Gasteiger partial charge in [0.05, 0.1) is 6.42 Å². The van der Waals surface area contributed by atoms with Crippen molar-refractivity contribution in [2.45, 2.75) is 24.5 Å². The first-order valence-corrected chi connectivity index (χ1v) is 7.20. The summed E-state index contributed by atoms with van der Waals surface area (Å²) in [7, 11) is 0. The molecule has 0 atom stereocenters. The van der Waals surface area contributed by atoms with Crippen molar-refractivity contribution in [2.24, 2.45) is 0 Å². The highest BCUT2D eigenvalue weighted by Gasteiger charge is 2.00. The Labute approximate surface area is 102 Å². The van der Waals surface area contributed by atoms with E-state index in [-0.39, 0.29) is 22.0 Å². The van der Waals surface area contributed by atoms with E-state index >= 15 is 0 Å². The maximum atomic E-state index is 10.2. The van der Waals surface area contributed by atoms with Gasteiger partial charge in [-0.3, -0.25) is 4.79 Å². The zero-order chi connectivity index (χ0) is 11.6. The van der Waals surface area contributed by atoms with Gasteiger partial charge < -0.3 is 8.90 Å². The van der Waals surface area contributed by atoms with E-state index in [0.29, 0.717) is 0 Å². The fourth-order valence-electron chi connectivity index (χ4n) is 1.46. The number of carboxylic acid groups (broad SMARTS) is 1. The molecular weight excluding hydrogens is 219 g/mol. The summed E-state index contributed by atoms with van der Waals surface area (Å²) in [4.78, 5) is 10.2. The van der Waals surface area contributed by atoms with Gasteiger partial charge in [0.1, 0.15) is 0 Å². The van der Waals surface area contributed by atoms with Crippen LogP contribution in [0.3, 0.4) is 0 Å². The van der Waals surface area contributed by atoms with Gasteiger partial charge >= 0.3 is 21.5 Å². The zero-order valence-corrected chi connectivity index (χ0v) is 10.8. The van der Waals surface area contributed by atoms with Crippen LogP contribution in [-0.2, 0) is 15.0 Å². The van der Waals surface area contributed by atoms with Crippen LogP contribution in [0.25, 0.3) is 0 Å². The third-order valence-corrected chi connectivity index (χ3v) is 3.64. The topological polar surface area (TPSA) is 46.5 Å². The Morgan fingerprint density at radius 1 is 1.31 bits per heavy atom. The molecule has 1 N–H and O–H groups in total. The Hall–Kier alpha value is -0.818. The Morgan fingerprint density at radius 2 is 2.06 bits per heavy atom. The molecule has 1 saturated heterocycles. The van der Waals surface area contributed by atoms with Gasteiger partial charge in [-0.1, -0.05) is 42.0 Å². The third kappa shape index (κ3) is 6.63. The number of hydrogen-bond acceptors (Lipinski definition) is 2. The summed E-state index contributed by atoms with van der Waals surface area (Å²) in [5.41, 5.74) is 0.843. The van der Waals surface area contributed by atoms with Crippen molar-refractivity contribution in [3.63, 3.8) is 0 Å². The average molecular weight is 236 g/mol. The molecule has 86 valence electrons. The second-order valence-electron chi connectivity index (χ2n) is 3.73. The van der Waals surface area contributed by atoms with Crippen LogP contribution in [0, 0.1) is 0 Å². The lowest BCUT2D eigenvalue weighted by atomic mass is 10.2. The van der Waals surface area contributed by atoms with Crippen LogP contribution < -0.4 is 0 Å². The number of rotatable bonds is 2. The van der Waals surface area contributed by atoms with Crippen LogP contribution in [0.4, 0.5) is 0 Å². The second kappa shape index (κ2) is 8.35. The Balaban J connectivity index is 0.000000181. The molecule has 0 radical (unpaired) electrons.